The van der Waals surface area contributed by atoms with E-state index >= 15 is 0 Å². The molecule has 1 fully saturated rings. The average Bonchev–Trinajstić information content (AvgIpc) is 3.12. The third-order valence-electron chi connectivity index (χ3n) is 5.73. The SMILES string of the molecule is Cc1nn(-c2ccccc2)c(Cl)c1C(=O)NCCCN1CCN(c2ccccc2Cl)CC1. The summed E-state index contributed by atoms with van der Waals surface area (Å²) in [5.41, 5.74) is 2.98. The first kappa shape index (κ1) is 22.6. The predicted octanol–water partition coefficient (Wildman–Crippen LogP) is 4.43. The zero-order chi connectivity index (χ0) is 22.5. The molecule has 2 heterocycles. The summed E-state index contributed by atoms with van der Waals surface area (Å²) in [5.74, 6) is -0.182. The second-order valence-electron chi connectivity index (χ2n) is 7.89. The van der Waals surface area contributed by atoms with Crippen LogP contribution in [0.25, 0.3) is 5.69 Å². The van der Waals surface area contributed by atoms with Gasteiger partial charge in [-0.3, -0.25) is 9.69 Å². The first-order chi connectivity index (χ1) is 15.5. The fourth-order valence-corrected chi connectivity index (χ4v) is 4.62. The van der Waals surface area contributed by atoms with Crippen LogP contribution in [0.15, 0.2) is 54.6 Å². The molecule has 2 aromatic carbocycles. The number of halogens is 2. The van der Waals surface area contributed by atoms with Crippen LogP contribution in [0.5, 0.6) is 0 Å². The number of nitrogens with one attached hydrogen (secondary N) is 1. The molecule has 0 bridgehead atoms. The maximum atomic E-state index is 12.7. The van der Waals surface area contributed by atoms with E-state index in [1.54, 1.807) is 11.6 Å². The molecule has 1 saturated heterocycles. The molecule has 0 atom stereocenters. The molecule has 1 amide bonds. The maximum Gasteiger partial charge on any atom is 0.256 e. The van der Waals surface area contributed by atoms with Crippen LogP contribution < -0.4 is 10.2 Å². The molecule has 0 saturated carbocycles. The lowest BCUT2D eigenvalue weighted by Crippen LogP contribution is -2.47. The zero-order valence-corrected chi connectivity index (χ0v) is 19.6. The molecule has 0 spiro atoms. The minimum Gasteiger partial charge on any atom is -0.368 e. The summed E-state index contributed by atoms with van der Waals surface area (Å²) in [6.07, 6.45) is 0.876. The average molecular weight is 472 g/mol. The third kappa shape index (κ3) is 5.09. The van der Waals surface area contributed by atoms with E-state index in [0.717, 1.165) is 55.5 Å². The van der Waals surface area contributed by atoms with Gasteiger partial charge in [-0.05, 0) is 44.2 Å². The van der Waals surface area contributed by atoms with E-state index in [-0.39, 0.29) is 5.91 Å². The van der Waals surface area contributed by atoms with Crippen LogP contribution in [0.1, 0.15) is 22.5 Å². The van der Waals surface area contributed by atoms with Crippen molar-refractivity contribution in [2.75, 3.05) is 44.2 Å². The van der Waals surface area contributed by atoms with Crippen molar-refractivity contribution < 1.29 is 4.79 Å². The highest BCUT2D eigenvalue weighted by atomic mass is 35.5. The Bertz CT molecular complexity index is 1060. The predicted molar refractivity (Wildman–Crippen MR) is 130 cm³/mol. The van der Waals surface area contributed by atoms with Gasteiger partial charge in [0, 0.05) is 32.7 Å². The van der Waals surface area contributed by atoms with Gasteiger partial charge in [0.1, 0.15) is 5.15 Å². The monoisotopic (exact) mass is 471 g/mol. The van der Waals surface area contributed by atoms with Gasteiger partial charge in [0.2, 0.25) is 0 Å². The smallest absolute Gasteiger partial charge is 0.256 e. The van der Waals surface area contributed by atoms with Crippen molar-refractivity contribution in [3.8, 4) is 5.69 Å². The van der Waals surface area contributed by atoms with Crippen LogP contribution >= 0.6 is 23.2 Å². The Morgan fingerprint density at radius 3 is 2.41 bits per heavy atom. The number of para-hydroxylation sites is 2. The van der Waals surface area contributed by atoms with E-state index < -0.39 is 0 Å². The Kier molecular flexibility index (Phi) is 7.35. The Morgan fingerprint density at radius 1 is 1.00 bits per heavy atom. The van der Waals surface area contributed by atoms with Crippen LogP contribution in [-0.2, 0) is 0 Å². The normalized spacial score (nSPS) is 14.5. The molecule has 4 rings (SSSR count). The van der Waals surface area contributed by atoms with Gasteiger partial charge in [0.05, 0.1) is 27.7 Å². The number of carbonyl (C=O) groups is 1. The van der Waals surface area contributed by atoms with Crippen LogP contribution in [0.3, 0.4) is 0 Å². The number of hydrogen-bond donors (Lipinski definition) is 1. The fraction of sp³-hybridized carbons (Fsp3) is 0.333. The standard InChI is InChI=1S/C24H27Cl2N5O/c1-18-22(23(26)31(28-18)19-8-3-2-4-9-19)24(32)27-12-7-13-29-14-16-30(17-15-29)21-11-6-5-10-20(21)25/h2-6,8-11H,7,12-17H2,1H3,(H,27,32). The second-order valence-corrected chi connectivity index (χ2v) is 8.65. The van der Waals surface area contributed by atoms with Crippen LogP contribution in [0, 0.1) is 6.92 Å². The van der Waals surface area contributed by atoms with E-state index in [2.05, 4.69) is 26.3 Å². The quantitative estimate of drug-likeness (QED) is 0.517. The first-order valence-corrected chi connectivity index (χ1v) is 11.6. The van der Waals surface area contributed by atoms with E-state index in [1.807, 2.05) is 48.5 Å². The minimum atomic E-state index is -0.182. The summed E-state index contributed by atoms with van der Waals surface area (Å²) in [6, 6.07) is 17.6. The van der Waals surface area contributed by atoms with E-state index in [0.29, 0.717) is 23.0 Å². The topological polar surface area (TPSA) is 53.4 Å². The Morgan fingerprint density at radius 2 is 1.69 bits per heavy atom. The number of aromatic nitrogens is 2. The molecule has 1 aliphatic heterocycles. The highest BCUT2D eigenvalue weighted by molar-refractivity contribution is 6.33. The summed E-state index contributed by atoms with van der Waals surface area (Å²) >= 11 is 12.8. The van der Waals surface area contributed by atoms with Gasteiger partial charge >= 0.3 is 0 Å². The lowest BCUT2D eigenvalue weighted by Gasteiger charge is -2.36. The van der Waals surface area contributed by atoms with Crippen LogP contribution in [0.2, 0.25) is 10.2 Å². The third-order valence-corrected chi connectivity index (χ3v) is 6.40. The molecule has 3 aromatic rings. The van der Waals surface area contributed by atoms with Crippen LogP contribution in [0.4, 0.5) is 5.69 Å². The molecule has 8 heteroatoms. The van der Waals surface area contributed by atoms with Crippen molar-refractivity contribution in [1.82, 2.24) is 20.0 Å². The van der Waals surface area contributed by atoms with Gasteiger partial charge < -0.3 is 10.2 Å². The second kappa shape index (κ2) is 10.4. The van der Waals surface area contributed by atoms with Gasteiger partial charge in [-0.1, -0.05) is 53.5 Å². The molecule has 0 aliphatic carbocycles. The Hall–Kier alpha value is -2.54. The zero-order valence-electron chi connectivity index (χ0n) is 18.1. The lowest BCUT2D eigenvalue weighted by molar-refractivity contribution is 0.0951. The van der Waals surface area contributed by atoms with E-state index in [4.69, 9.17) is 23.2 Å². The molecule has 1 aromatic heterocycles. The number of nitrogens with zero attached hydrogens (tertiary/aromatic N) is 4. The van der Waals surface area contributed by atoms with Crippen molar-refractivity contribution in [2.45, 2.75) is 13.3 Å². The molecule has 6 nitrogen and oxygen atoms in total. The minimum absolute atomic E-state index is 0.182. The summed E-state index contributed by atoms with van der Waals surface area (Å²) in [7, 11) is 0. The number of rotatable bonds is 7. The van der Waals surface area contributed by atoms with Gasteiger partial charge in [-0.15, -0.1) is 0 Å². The Labute approximate surface area is 198 Å². The number of hydrogen-bond acceptors (Lipinski definition) is 4. The summed E-state index contributed by atoms with van der Waals surface area (Å²) in [5, 5.41) is 8.57. The van der Waals surface area contributed by atoms with Crippen LogP contribution in [-0.4, -0.2) is 59.9 Å². The van der Waals surface area contributed by atoms with Crippen molar-refractivity contribution >= 4 is 34.8 Å². The number of benzene rings is 2. The number of anilines is 1. The molecule has 32 heavy (non-hydrogen) atoms. The van der Waals surface area contributed by atoms with Gasteiger partial charge in [-0.2, -0.15) is 5.10 Å². The molecule has 0 radical (unpaired) electrons. The molecule has 168 valence electrons. The lowest BCUT2D eigenvalue weighted by atomic mass is 10.2. The molecular weight excluding hydrogens is 445 g/mol. The van der Waals surface area contributed by atoms with Crippen molar-refractivity contribution in [1.29, 1.82) is 0 Å². The van der Waals surface area contributed by atoms with Crippen molar-refractivity contribution in [3.63, 3.8) is 0 Å². The molecule has 1 N–H and O–H groups in total. The highest BCUT2D eigenvalue weighted by Gasteiger charge is 2.21. The summed E-state index contributed by atoms with van der Waals surface area (Å²) in [6.45, 7) is 7.19. The molecule has 1 aliphatic rings. The number of carbonyl (C=O) groups excluding carboxylic acids is 1. The van der Waals surface area contributed by atoms with Crippen molar-refractivity contribution in [3.05, 3.63) is 76.0 Å². The first-order valence-electron chi connectivity index (χ1n) is 10.8. The van der Waals surface area contributed by atoms with Gasteiger partial charge in [-0.25, -0.2) is 4.68 Å². The molecular formula is C24H27Cl2N5O. The largest absolute Gasteiger partial charge is 0.368 e. The Balaban J connectivity index is 1.24. The van der Waals surface area contributed by atoms with E-state index in [1.165, 1.54) is 0 Å². The van der Waals surface area contributed by atoms with E-state index in [9.17, 15) is 4.79 Å². The number of amides is 1. The fourth-order valence-electron chi connectivity index (χ4n) is 4.01. The number of aryl methyl sites for hydroxylation is 1. The van der Waals surface area contributed by atoms with Gasteiger partial charge in [0.15, 0.2) is 0 Å². The van der Waals surface area contributed by atoms with Gasteiger partial charge in [0.25, 0.3) is 5.91 Å². The highest BCUT2D eigenvalue weighted by Crippen LogP contribution is 2.26. The number of piperazine rings is 1. The summed E-state index contributed by atoms with van der Waals surface area (Å²) < 4.78 is 1.60. The summed E-state index contributed by atoms with van der Waals surface area (Å²) in [4.78, 5) is 17.5. The molecule has 0 unspecified atom stereocenters. The maximum absolute atomic E-state index is 12.7. The van der Waals surface area contributed by atoms with Crippen molar-refractivity contribution in [2.24, 2.45) is 0 Å².